The molecule has 0 aromatic carbocycles. The second-order valence-corrected chi connectivity index (χ2v) is 9.12. The van der Waals surface area contributed by atoms with Crippen LogP contribution in [0.25, 0.3) is 0 Å². The molecule has 7 atom stereocenters. The first-order chi connectivity index (χ1) is 11.2. The second kappa shape index (κ2) is 6.12. The van der Waals surface area contributed by atoms with Gasteiger partial charge in [-0.25, -0.2) is 0 Å². The number of aliphatic carboxylic acids is 1. The van der Waals surface area contributed by atoms with Gasteiger partial charge >= 0.3 is 5.97 Å². The fraction of sp³-hybridized carbons (Fsp3) is 0.900. The molecule has 0 aliphatic heterocycles. The van der Waals surface area contributed by atoms with Crippen LogP contribution < -0.4 is 0 Å². The van der Waals surface area contributed by atoms with Crippen LogP contribution in [0.4, 0.5) is 0 Å². The molecule has 2 N–H and O–H groups in total. The van der Waals surface area contributed by atoms with Crippen molar-refractivity contribution in [3.8, 4) is 0 Å². The maximum atomic E-state index is 12.7. The molecular weight excluding hydrogens is 304 g/mol. The first-order valence-electron chi connectivity index (χ1n) is 9.63. The summed E-state index contributed by atoms with van der Waals surface area (Å²) in [7, 11) is 0. The van der Waals surface area contributed by atoms with Crippen LogP contribution >= 0.6 is 0 Å². The lowest BCUT2D eigenvalue weighted by Crippen LogP contribution is -2.53. The Morgan fingerprint density at radius 1 is 1.21 bits per heavy atom. The normalized spacial score (nSPS) is 46.2. The molecule has 0 saturated heterocycles. The van der Waals surface area contributed by atoms with Gasteiger partial charge in [0, 0.05) is 18.3 Å². The van der Waals surface area contributed by atoms with Crippen molar-refractivity contribution in [2.24, 2.45) is 34.5 Å². The van der Waals surface area contributed by atoms with E-state index in [1.807, 2.05) is 13.8 Å². The van der Waals surface area contributed by atoms with Gasteiger partial charge in [-0.05, 0) is 74.5 Å². The number of carboxylic acid groups (broad SMARTS) is 1. The number of aliphatic hydroxyl groups is 1. The highest BCUT2D eigenvalue weighted by atomic mass is 16.4. The van der Waals surface area contributed by atoms with Crippen LogP contribution in [-0.2, 0) is 9.59 Å². The largest absolute Gasteiger partial charge is 0.481 e. The number of Topliss-reactive ketones (excluding diaryl/α,β-unsaturated/α-hetero) is 1. The fourth-order valence-corrected chi connectivity index (χ4v) is 6.80. The first-order valence-corrected chi connectivity index (χ1v) is 9.63. The standard InChI is InChI=1S/C20H32O4/c1-12(21)14-5-6-15-13-4-7-17(22)20(3,11-9-18(23)24)16(13)8-10-19(14,15)2/h12-16,21H,4-11H2,1-3H3,(H,23,24)/t12-,13-,14-,15+,16-,19+,20+/m0/s1. The summed E-state index contributed by atoms with van der Waals surface area (Å²) < 4.78 is 0. The summed E-state index contributed by atoms with van der Waals surface area (Å²) in [6, 6.07) is 0. The topological polar surface area (TPSA) is 74.6 Å². The number of aliphatic hydroxyl groups excluding tert-OH is 1. The van der Waals surface area contributed by atoms with E-state index >= 15 is 0 Å². The molecule has 0 aromatic heterocycles. The molecule has 0 unspecified atom stereocenters. The van der Waals surface area contributed by atoms with E-state index in [-0.39, 0.29) is 23.7 Å². The van der Waals surface area contributed by atoms with Gasteiger partial charge in [0.05, 0.1) is 6.10 Å². The number of hydrogen-bond donors (Lipinski definition) is 2. The van der Waals surface area contributed by atoms with E-state index < -0.39 is 11.4 Å². The number of carboxylic acids is 1. The molecule has 136 valence electrons. The zero-order chi connectivity index (χ0) is 17.7. The van der Waals surface area contributed by atoms with Crippen molar-refractivity contribution >= 4 is 11.8 Å². The molecule has 4 heteroatoms. The van der Waals surface area contributed by atoms with Crippen molar-refractivity contribution in [1.29, 1.82) is 0 Å². The Balaban J connectivity index is 1.86. The number of hydrogen-bond acceptors (Lipinski definition) is 3. The molecule has 3 rings (SSSR count). The lowest BCUT2D eigenvalue weighted by molar-refractivity contribution is -0.149. The van der Waals surface area contributed by atoms with Crippen LogP contribution in [0.5, 0.6) is 0 Å². The molecule has 3 saturated carbocycles. The van der Waals surface area contributed by atoms with Crippen molar-refractivity contribution in [2.75, 3.05) is 0 Å². The molecular formula is C20H32O4. The minimum absolute atomic E-state index is 0.0870. The van der Waals surface area contributed by atoms with Crippen molar-refractivity contribution in [1.82, 2.24) is 0 Å². The van der Waals surface area contributed by atoms with Gasteiger partial charge in [-0.2, -0.15) is 0 Å². The summed E-state index contributed by atoms with van der Waals surface area (Å²) in [5.74, 6) is 1.26. The van der Waals surface area contributed by atoms with Gasteiger partial charge in [-0.1, -0.05) is 13.8 Å². The maximum Gasteiger partial charge on any atom is 0.303 e. The molecule has 0 amide bonds. The van der Waals surface area contributed by atoms with E-state index in [9.17, 15) is 14.7 Å². The highest BCUT2D eigenvalue weighted by Gasteiger charge is 2.59. The van der Waals surface area contributed by atoms with Gasteiger partial charge in [0.2, 0.25) is 0 Å². The molecule has 0 heterocycles. The van der Waals surface area contributed by atoms with Crippen molar-refractivity contribution < 1.29 is 19.8 Å². The van der Waals surface area contributed by atoms with Crippen LogP contribution in [0.1, 0.15) is 72.1 Å². The zero-order valence-electron chi connectivity index (χ0n) is 15.3. The first kappa shape index (κ1) is 17.9. The number of carbonyl (C=O) groups is 2. The summed E-state index contributed by atoms with van der Waals surface area (Å²) in [5, 5.41) is 19.3. The number of ketones is 1. The Labute approximate surface area is 145 Å². The lowest BCUT2D eigenvalue weighted by atomic mass is 9.48. The zero-order valence-corrected chi connectivity index (χ0v) is 15.3. The van der Waals surface area contributed by atoms with Gasteiger partial charge in [-0.3, -0.25) is 9.59 Å². The van der Waals surface area contributed by atoms with Gasteiger partial charge in [0.25, 0.3) is 0 Å². The quantitative estimate of drug-likeness (QED) is 0.821. The summed E-state index contributed by atoms with van der Waals surface area (Å²) >= 11 is 0. The second-order valence-electron chi connectivity index (χ2n) is 9.12. The smallest absolute Gasteiger partial charge is 0.303 e. The Morgan fingerprint density at radius 3 is 2.54 bits per heavy atom. The molecule has 4 nitrogen and oxygen atoms in total. The van der Waals surface area contributed by atoms with E-state index in [1.165, 1.54) is 0 Å². The Hall–Kier alpha value is -0.900. The van der Waals surface area contributed by atoms with Crippen molar-refractivity contribution in [3.05, 3.63) is 0 Å². The molecule has 24 heavy (non-hydrogen) atoms. The third-order valence-corrected chi connectivity index (χ3v) is 8.11. The SMILES string of the molecule is C[C@H](O)[C@@H]1CC[C@@H]2[C@@H]3CCC(=O)[C@](C)(CCC(=O)O)[C@H]3CC[C@@]21C. The minimum atomic E-state index is -0.804. The molecule has 0 spiro atoms. The Kier molecular flexibility index (Phi) is 4.57. The van der Waals surface area contributed by atoms with Crippen molar-refractivity contribution in [2.45, 2.75) is 78.2 Å². The Morgan fingerprint density at radius 2 is 1.92 bits per heavy atom. The predicted octanol–water partition coefficient (Wildman–Crippen LogP) is 3.66. The van der Waals surface area contributed by atoms with Crippen LogP contribution in [-0.4, -0.2) is 28.1 Å². The van der Waals surface area contributed by atoms with Crippen LogP contribution in [0.2, 0.25) is 0 Å². The van der Waals surface area contributed by atoms with E-state index in [1.54, 1.807) is 0 Å². The van der Waals surface area contributed by atoms with Crippen LogP contribution in [0, 0.1) is 34.5 Å². The molecule has 3 aliphatic carbocycles. The third kappa shape index (κ3) is 2.61. The highest BCUT2D eigenvalue weighted by molar-refractivity contribution is 5.86. The van der Waals surface area contributed by atoms with Crippen LogP contribution in [0.15, 0.2) is 0 Å². The summed E-state index contributed by atoms with van der Waals surface area (Å²) in [6.45, 7) is 6.30. The summed E-state index contributed by atoms with van der Waals surface area (Å²) in [6.07, 6.45) is 6.16. The highest BCUT2D eigenvalue weighted by Crippen LogP contribution is 2.65. The van der Waals surface area contributed by atoms with E-state index in [2.05, 4.69) is 6.92 Å². The molecule has 0 aromatic rings. The monoisotopic (exact) mass is 336 g/mol. The minimum Gasteiger partial charge on any atom is -0.481 e. The van der Waals surface area contributed by atoms with Gasteiger partial charge in [-0.15, -0.1) is 0 Å². The maximum absolute atomic E-state index is 12.7. The van der Waals surface area contributed by atoms with E-state index in [0.717, 1.165) is 32.1 Å². The molecule has 3 aliphatic rings. The lowest BCUT2D eigenvalue weighted by Gasteiger charge is -2.56. The van der Waals surface area contributed by atoms with Gasteiger partial charge < -0.3 is 10.2 Å². The van der Waals surface area contributed by atoms with Crippen molar-refractivity contribution in [3.63, 3.8) is 0 Å². The average Bonchev–Trinajstić information content (AvgIpc) is 2.86. The van der Waals surface area contributed by atoms with Gasteiger partial charge in [0.15, 0.2) is 0 Å². The molecule has 0 bridgehead atoms. The number of fused-ring (bicyclic) bond motifs is 3. The van der Waals surface area contributed by atoms with E-state index in [4.69, 9.17) is 5.11 Å². The summed E-state index contributed by atoms with van der Waals surface area (Å²) in [5.41, 5.74) is -0.283. The molecule has 0 radical (unpaired) electrons. The number of rotatable bonds is 4. The Bertz CT molecular complexity index is 528. The van der Waals surface area contributed by atoms with Gasteiger partial charge in [0.1, 0.15) is 5.78 Å². The number of carbonyl (C=O) groups excluding carboxylic acids is 1. The van der Waals surface area contributed by atoms with Crippen LogP contribution in [0.3, 0.4) is 0 Å². The van der Waals surface area contributed by atoms with E-state index in [0.29, 0.717) is 36.5 Å². The third-order valence-electron chi connectivity index (χ3n) is 8.11. The fourth-order valence-electron chi connectivity index (χ4n) is 6.80. The average molecular weight is 336 g/mol. The summed E-state index contributed by atoms with van der Waals surface area (Å²) in [4.78, 5) is 23.8. The molecule has 3 fully saturated rings. The predicted molar refractivity (Wildman–Crippen MR) is 91.4 cm³/mol.